The van der Waals surface area contributed by atoms with Gasteiger partial charge >= 0.3 is 5.97 Å². The zero-order chi connectivity index (χ0) is 40.4. The minimum absolute atomic E-state index is 0.0376. The van der Waals surface area contributed by atoms with E-state index in [1.165, 1.54) is 43.5 Å². The summed E-state index contributed by atoms with van der Waals surface area (Å²) in [6.45, 7) is -1.16. The summed E-state index contributed by atoms with van der Waals surface area (Å²) in [6, 6.07) is 18.7. The van der Waals surface area contributed by atoms with Crippen molar-refractivity contribution in [3.63, 3.8) is 0 Å². The Morgan fingerprint density at radius 3 is 2.33 bits per heavy atom. The lowest BCUT2D eigenvalue weighted by Crippen LogP contribution is -2.61. The van der Waals surface area contributed by atoms with Gasteiger partial charge in [-0.3, -0.25) is 9.68 Å². The van der Waals surface area contributed by atoms with Crippen LogP contribution < -0.4 is 24.4 Å². The number of hydrogen-bond donors (Lipinski definition) is 7. The Bertz CT molecular complexity index is 2340. The van der Waals surface area contributed by atoms with E-state index in [1.54, 1.807) is 42.5 Å². The molecule has 2 aliphatic heterocycles. The fraction of sp³-hybridized carbons (Fsp3) is 0.250. The highest BCUT2D eigenvalue weighted by Crippen LogP contribution is 2.43. The standard InChI is InChI=1S/C40H36O17/c1-50-29-13-21(5-9-24(29)44)38-32(17-41)52-27-10-6-20(12-30(27)54-38)28-16-26(46)35-25(45)14-23(15-31(35)53-28)51-40-37(49)36(48)39(33(18-42)55-40)57-56-34(47)11-4-19-2-7-22(43)8-3-19/h2-16,32-33,36-45,48-49H,17-18H2,1H3/b11-4+/t32-,33+,36+,37+,38-,39+,40+/m0/s1. The van der Waals surface area contributed by atoms with Gasteiger partial charge in [-0.25, -0.2) is 4.79 Å². The van der Waals surface area contributed by atoms with Crippen LogP contribution >= 0.6 is 0 Å². The third-order valence-corrected chi connectivity index (χ3v) is 9.21. The molecule has 298 valence electrons. The van der Waals surface area contributed by atoms with Crippen LogP contribution in [0, 0.1) is 0 Å². The quantitative estimate of drug-likeness (QED) is 0.0577. The molecule has 5 aromatic rings. The maximum Gasteiger partial charge on any atom is 0.365 e. The van der Waals surface area contributed by atoms with E-state index in [9.17, 15) is 45.3 Å². The van der Waals surface area contributed by atoms with Gasteiger partial charge in [0, 0.05) is 35.4 Å². The van der Waals surface area contributed by atoms with Gasteiger partial charge in [-0.15, -0.1) is 0 Å². The van der Waals surface area contributed by atoms with Crippen LogP contribution in [0.5, 0.6) is 40.2 Å². The number of hydrogen-bond acceptors (Lipinski definition) is 17. The van der Waals surface area contributed by atoms with Gasteiger partial charge in [0.15, 0.2) is 46.7 Å². The highest BCUT2D eigenvalue weighted by Gasteiger charge is 2.48. The number of methoxy groups -OCH3 is 1. The number of aliphatic hydroxyl groups is 4. The number of phenols is 3. The van der Waals surface area contributed by atoms with Crippen LogP contribution in [-0.2, 0) is 19.3 Å². The first kappa shape index (κ1) is 38.9. The maximum absolute atomic E-state index is 13.3. The Morgan fingerprint density at radius 1 is 0.825 bits per heavy atom. The van der Waals surface area contributed by atoms with Crippen LogP contribution in [0.2, 0.25) is 0 Å². The summed E-state index contributed by atoms with van der Waals surface area (Å²) in [6.07, 6.45) is -7.46. The number of carbonyl (C=O) groups excluding carboxylic acids is 1. The molecule has 57 heavy (non-hydrogen) atoms. The van der Waals surface area contributed by atoms with Crippen molar-refractivity contribution in [1.82, 2.24) is 0 Å². The van der Waals surface area contributed by atoms with Gasteiger partial charge in [-0.05, 0) is 54.1 Å². The van der Waals surface area contributed by atoms with Crippen LogP contribution in [0.1, 0.15) is 17.2 Å². The van der Waals surface area contributed by atoms with Crippen LogP contribution in [0.3, 0.4) is 0 Å². The topological polar surface area (TPSA) is 253 Å². The van der Waals surface area contributed by atoms with E-state index in [0.29, 0.717) is 22.4 Å². The largest absolute Gasteiger partial charge is 0.508 e. The van der Waals surface area contributed by atoms with E-state index in [2.05, 4.69) is 0 Å². The lowest BCUT2D eigenvalue weighted by Gasteiger charge is -2.40. The fourth-order valence-corrected chi connectivity index (χ4v) is 6.31. The molecule has 4 aromatic carbocycles. The second kappa shape index (κ2) is 16.4. The predicted octanol–water partition coefficient (Wildman–Crippen LogP) is 2.83. The Kier molecular flexibility index (Phi) is 11.2. The van der Waals surface area contributed by atoms with Gasteiger partial charge in [0.25, 0.3) is 0 Å². The van der Waals surface area contributed by atoms with Crippen LogP contribution in [0.15, 0.2) is 94.2 Å². The molecule has 3 heterocycles. The first-order valence-corrected chi connectivity index (χ1v) is 17.4. The molecule has 17 nitrogen and oxygen atoms in total. The molecule has 1 saturated heterocycles. The average molecular weight is 789 g/mol. The van der Waals surface area contributed by atoms with E-state index in [-0.39, 0.29) is 45.5 Å². The monoisotopic (exact) mass is 788 g/mol. The minimum atomic E-state index is -1.84. The number of benzene rings is 4. The summed E-state index contributed by atoms with van der Waals surface area (Å²) >= 11 is 0. The summed E-state index contributed by atoms with van der Waals surface area (Å²) in [5.74, 6) is -0.933. The molecule has 0 saturated carbocycles. The number of phenolic OH excluding ortho intramolecular Hbond substituents is 3. The van der Waals surface area contributed by atoms with E-state index < -0.39 is 73.3 Å². The third kappa shape index (κ3) is 8.15. The third-order valence-electron chi connectivity index (χ3n) is 9.21. The van der Waals surface area contributed by atoms with Gasteiger partial charge in [-0.1, -0.05) is 18.2 Å². The zero-order valence-electron chi connectivity index (χ0n) is 29.8. The lowest BCUT2D eigenvalue weighted by atomic mass is 9.99. The van der Waals surface area contributed by atoms with Crippen LogP contribution in [-0.4, -0.2) is 98.8 Å². The molecule has 0 aliphatic carbocycles. The van der Waals surface area contributed by atoms with Crippen molar-refractivity contribution >= 4 is 23.0 Å². The molecule has 1 aromatic heterocycles. The van der Waals surface area contributed by atoms with Crippen molar-refractivity contribution in [2.75, 3.05) is 20.3 Å². The molecule has 0 bridgehead atoms. The summed E-state index contributed by atoms with van der Waals surface area (Å²) in [4.78, 5) is 35.3. The first-order valence-electron chi connectivity index (χ1n) is 17.4. The van der Waals surface area contributed by atoms with Gasteiger partial charge in [0.05, 0.1) is 20.3 Å². The molecule has 7 rings (SSSR count). The zero-order valence-corrected chi connectivity index (χ0v) is 29.8. The summed E-state index contributed by atoms with van der Waals surface area (Å²) in [5, 5.41) is 71.9. The van der Waals surface area contributed by atoms with E-state index in [1.807, 2.05) is 0 Å². The van der Waals surface area contributed by atoms with Crippen molar-refractivity contribution < 1.29 is 78.4 Å². The fourth-order valence-electron chi connectivity index (χ4n) is 6.31. The summed E-state index contributed by atoms with van der Waals surface area (Å²) in [7, 11) is 1.40. The highest BCUT2D eigenvalue weighted by atomic mass is 17.2. The Labute approximate surface area is 322 Å². The van der Waals surface area contributed by atoms with Gasteiger partial charge < -0.3 is 63.8 Å². The molecule has 7 N–H and O–H groups in total. The predicted molar refractivity (Wildman–Crippen MR) is 196 cm³/mol. The smallest absolute Gasteiger partial charge is 0.365 e. The van der Waals surface area contributed by atoms with Crippen molar-refractivity contribution in [1.29, 1.82) is 0 Å². The average Bonchev–Trinajstić information content (AvgIpc) is 3.21. The Morgan fingerprint density at radius 2 is 1.60 bits per heavy atom. The maximum atomic E-state index is 13.3. The number of ether oxygens (including phenoxy) is 5. The first-order chi connectivity index (χ1) is 27.5. The second-order valence-electron chi connectivity index (χ2n) is 13.0. The minimum Gasteiger partial charge on any atom is -0.508 e. The number of fused-ring (bicyclic) bond motifs is 2. The van der Waals surface area contributed by atoms with Crippen molar-refractivity contribution in [3.05, 3.63) is 106 Å². The SMILES string of the molecule is COc1cc([C@@H]2Oc3cc(-c4cc(=O)c5c(O)cc(O[C@@H]6O[C@H](CO)[C@@H](OOC(=O)/C=C/c7ccc(O)cc7)[C@H](O)[C@H]6O)cc5o4)ccc3O[C@H]2CO)ccc1O. The number of rotatable bonds is 11. The molecule has 7 atom stereocenters. The van der Waals surface area contributed by atoms with E-state index >= 15 is 0 Å². The molecule has 0 amide bonds. The lowest BCUT2D eigenvalue weighted by molar-refractivity contribution is -0.368. The normalized spacial score (nSPS) is 23.0. The van der Waals surface area contributed by atoms with E-state index in [4.69, 9.17) is 37.9 Å². The summed E-state index contributed by atoms with van der Waals surface area (Å²) < 4.78 is 34.9. The van der Waals surface area contributed by atoms with Crippen LogP contribution in [0.25, 0.3) is 28.4 Å². The van der Waals surface area contributed by atoms with E-state index in [0.717, 1.165) is 12.1 Å². The second-order valence-corrected chi connectivity index (χ2v) is 13.0. The Hall–Kier alpha value is -6.34. The molecule has 0 radical (unpaired) electrons. The molecule has 0 unspecified atom stereocenters. The molecule has 0 spiro atoms. The molecule has 2 aliphatic rings. The number of aromatic hydroxyl groups is 3. The van der Waals surface area contributed by atoms with Gasteiger partial charge in [0.2, 0.25) is 6.29 Å². The molecular formula is C40H36O17. The highest BCUT2D eigenvalue weighted by molar-refractivity contribution is 5.87. The van der Waals surface area contributed by atoms with Crippen LogP contribution in [0.4, 0.5) is 0 Å². The molecule has 1 fully saturated rings. The molecule has 17 heteroatoms. The van der Waals surface area contributed by atoms with Gasteiger partial charge in [-0.2, -0.15) is 4.89 Å². The number of carbonyl (C=O) groups is 1. The number of aliphatic hydroxyl groups excluding tert-OH is 4. The van der Waals surface area contributed by atoms with Crippen molar-refractivity contribution in [2.45, 2.75) is 42.9 Å². The molecular weight excluding hydrogens is 752 g/mol. The van der Waals surface area contributed by atoms with Gasteiger partial charge in [0.1, 0.15) is 52.3 Å². The van der Waals surface area contributed by atoms with Crippen molar-refractivity contribution in [3.8, 4) is 51.6 Å². The van der Waals surface area contributed by atoms with Crippen molar-refractivity contribution in [2.24, 2.45) is 0 Å². The Balaban J connectivity index is 1.08. The summed E-state index contributed by atoms with van der Waals surface area (Å²) in [5.41, 5.74) is 0.737.